The van der Waals surface area contributed by atoms with Gasteiger partial charge in [0.25, 0.3) is 0 Å². The first-order valence-corrected chi connectivity index (χ1v) is 14.7. The third-order valence-corrected chi connectivity index (χ3v) is 8.02. The highest BCUT2D eigenvalue weighted by Crippen LogP contribution is 2.29. The second-order valence-corrected chi connectivity index (χ2v) is 12.1. The van der Waals surface area contributed by atoms with Gasteiger partial charge in [-0.3, -0.25) is 13.9 Å². The largest absolute Gasteiger partial charge is 0.352 e. The Hall–Kier alpha value is -2.94. The molecule has 0 spiro atoms. The normalized spacial score (nSPS) is 15.3. The van der Waals surface area contributed by atoms with Crippen molar-refractivity contribution in [3.63, 3.8) is 0 Å². The van der Waals surface area contributed by atoms with Crippen LogP contribution in [0, 0.1) is 5.82 Å². The smallest absolute Gasteiger partial charge is 0.244 e. The summed E-state index contributed by atoms with van der Waals surface area (Å²) >= 11 is 0. The highest BCUT2D eigenvalue weighted by atomic mass is 32.2. The number of benzene rings is 2. The third-order valence-electron chi connectivity index (χ3n) is 6.89. The molecule has 1 fully saturated rings. The number of amides is 2. The van der Waals surface area contributed by atoms with Gasteiger partial charge in [-0.05, 0) is 55.0 Å². The molecule has 0 radical (unpaired) electrons. The summed E-state index contributed by atoms with van der Waals surface area (Å²) in [5, 5.41) is 3.06. The van der Waals surface area contributed by atoms with Gasteiger partial charge in [0.1, 0.15) is 18.4 Å². The second kappa shape index (κ2) is 12.5. The molecule has 0 bridgehead atoms. The quantitative estimate of drug-likeness (QED) is 0.486. The van der Waals surface area contributed by atoms with Crippen molar-refractivity contribution in [1.29, 1.82) is 0 Å². The Bertz CT molecular complexity index is 1180. The predicted octanol–water partition coefficient (Wildman–Crippen LogP) is 4.58. The van der Waals surface area contributed by atoms with E-state index in [0.29, 0.717) is 11.3 Å². The van der Waals surface area contributed by atoms with Crippen LogP contribution in [0.5, 0.6) is 0 Å². The fourth-order valence-corrected chi connectivity index (χ4v) is 5.60. The fourth-order valence-electron chi connectivity index (χ4n) is 4.74. The summed E-state index contributed by atoms with van der Waals surface area (Å²) in [4.78, 5) is 28.3. The van der Waals surface area contributed by atoms with Crippen molar-refractivity contribution < 1.29 is 22.4 Å². The van der Waals surface area contributed by atoms with Gasteiger partial charge in [0.15, 0.2) is 0 Å². The Morgan fingerprint density at radius 1 is 1.00 bits per heavy atom. The maximum atomic E-state index is 13.7. The Labute approximate surface area is 220 Å². The van der Waals surface area contributed by atoms with Crippen molar-refractivity contribution in [1.82, 2.24) is 10.2 Å². The highest BCUT2D eigenvalue weighted by Gasteiger charge is 2.32. The summed E-state index contributed by atoms with van der Waals surface area (Å²) in [6.07, 6.45) is 6.12. The number of hydrogen-bond acceptors (Lipinski definition) is 4. The SMILES string of the molecule is CC(C)c1ccccc1N(CC(=O)N(Cc1ccc(F)cc1)C(C)C(=O)NC1CCCCC1)S(C)(=O)=O. The molecule has 0 saturated heterocycles. The molecule has 2 amide bonds. The molecule has 202 valence electrons. The van der Waals surface area contributed by atoms with Crippen molar-refractivity contribution in [2.24, 2.45) is 0 Å². The molecule has 1 saturated carbocycles. The standard InChI is InChI=1S/C28H38FN3O4S/c1-20(2)25-12-8-9-13-26(25)32(37(4,35)36)19-27(33)31(18-22-14-16-23(29)17-15-22)21(3)28(34)30-24-10-6-5-7-11-24/h8-9,12-17,20-21,24H,5-7,10-11,18-19H2,1-4H3,(H,30,34). The van der Waals surface area contributed by atoms with E-state index in [-0.39, 0.29) is 24.4 Å². The molecule has 7 nitrogen and oxygen atoms in total. The summed E-state index contributed by atoms with van der Waals surface area (Å²) in [5.74, 6) is -1.17. The van der Waals surface area contributed by atoms with Crippen LogP contribution in [0.2, 0.25) is 0 Å². The number of halogens is 1. The molecule has 1 aliphatic rings. The van der Waals surface area contributed by atoms with Crippen molar-refractivity contribution >= 4 is 27.5 Å². The lowest BCUT2D eigenvalue weighted by atomic mass is 9.95. The zero-order valence-electron chi connectivity index (χ0n) is 22.1. The van der Waals surface area contributed by atoms with Gasteiger partial charge >= 0.3 is 0 Å². The molecule has 9 heteroatoms. The Kier molecular flexibility index (Phi) is 9.70. The van der Waals surface area contributed by atoms with Gasteiger partial charge < -0.3 is 10.2 Å². The molecular formula is C28H38FN3O4S. The van der Waals surface area contributed by atoms with Crippen LogP contribution in [0.3, 0.4) is 0 Å². The molecule has 1 N–H and O–H groups in total. The number of para-hydroxylation sites is 1. The predicted molar refractivity (Wildman–Crippen MR) is 144 cm³/mol. The number of nitrogens with zero attached hydrogens (tertiary/aromatic N) is 2. The highest BCUT2D eigenvalue weighted by molar-refractivity contribution is 7.92. The molecule has 0 heterocycles. The molecule has 0 aromatic heterocycles. The third kappa shape index (κ3) is 7.77. The fraction of sp³-hybridized carbons (Fsp3) is 0.500. The average Bonchev–Trinajstić information content (AvgIpc) is 2.86. The first-order valence-electron chi connectivity index (χ1n) is 12.9. The molecule has 2 aromatic rings. The van der Waals surface area contributed by atoms with Gasteiger partial charge in [0.05, 0.1) is 11.9 Å². The van der Waals surface area contributed by atoms with Crippen molar-refractivity contribution in [2.45, 2.75) is 77.4 Å². The van der Waals surface area contributed by atoms with Crippen LogP contribution in [0.1, 0.15) is 69.9 Å². The van der Waals surface area contributed by atoms with E-state index in [9.17, 15) is 22.4 Å². The maximum absolute atomic E-state index is 13.7. The van der Waals surface area contributed by atoms with Gasteiger partial charge in [-0.2, -0.15) is 0 Å². The number of carbonyl (C=O) groups is 2. The number of hydrogen-bond donors (Lipinski definition) is 1. The number of anilines is 1. The number of rotatable bonds is 10. The molecule has 1 aliphatic carbocycles. The minimum absolute atomic E-state index is 0.0334. The van der Waals surface area contributed by atoms with E-state index in [1.54, 1.807) is 31.2 Å². The maximum Gasteiger partial charge on any atom is 0.244 e. The van der Waals surface area contributed by atoms with Gasteiger partial charge in [-0.25, -0.2) is 12.8 Å². The van der Waals surface area contributed by atoms with Gasteiger partial charge in [0.2, 0.25) is 21.8 Å². The van der Waals surface area contributed by atoms with E-state index in [2.05, 4.69) is 5.32 Å². The first-order chi connectivity index (χ1) is 17.5. The van der Waals surface area contributed by atoms with Crippen LogP contribution in [-0.2, 0) is 26.2 Å². The lowest BCUT2D eigenvalue weighted by Gasteiger charge is -2.33. The van der Waals surface area contributed by atoms with E-state index in [1.165, 1.54) is 17.0 Å². The zero-order chi connectivity index (χ0) is 27.2. The molecule has 2 aromatic carbocycles. The van der Waals surface area contributed by atoms with Crippen molar-refractivity contribution in [3.8, 4) is 0 Å². The lowest BCUT2D eigenvalue weighted by Crippen LogP contribution is -2.53. The first kappa shape index (κ1) is 28.6. The molecule has 3 rings (SSSR count). The summed E-state index contributed by atoms with van der Waals surface area (Å²) in [6, 6.07) is 12.0. The Balaban J connectivity index is 1.91. The monoisotopic (exact) mass is 531 g/mol. The topological polar surface area (TPSA) is 86.8 Å². The second-order valence-electron chi connectivity index (χ2n) is 10.2. The van der Waals surface area contributed by atoms with Crippen LogP contribution in [0.15, 0.2) is 48.5 Å². The van der Waals surface area contributed by atoms with Crippen molar-refractivity contribution in [3.05, 3.63) is 65.5 Å². The van der Waals surface area contributed by atoms with Crippen LogP contribution >= 0.6 is 0 Å². The summed E-state index contributed by atoms with van der Waals surface area (Å²) < 4.78 is 40.3. The summed E-state index contributed by atoms with van der Waals surface area (Å²) in [6.45, 7) is 5.15. The van der Waals surface area contributed by atoms with Crippen LogP contribution in [0.25, 0.3) is 0 Å². The molecule has 0 aliphatic heterocycles. The zero-order valence-corrected chi connectivity index (χ0v) is 22.9. The van der Waals surface area contributed by atoms with Crippen LogP contribution < -0.4 is 9.62 Å². The summed E-state index contributed by atoms with van der Waals surface area (Å²) in [5.41, 5.74) is 1.88. The summed E-state index contributed by atoms with van der Waals surface area (Å²) in [7, 11) is -3.81. The molecule has 37 heavy (non-hydrogen) atoms. The molecular weight excluding hydrogens is 493 g/mol. The van der Waals surface area contributed by atoms with Crippen LogP contribution in [-0.4, -0.2) is 50.0 Å². The number of carbonyl (C=O) groups excluding carboxylic acids is 2. The Morgan fingerprint density at radius 3 is 2.22 bits per heavy atom. The van der Waals surface area contributed by atoms with Gasteiger partial charge in [-0.15, -0.1) is 0 Å². The Morgan fingerprint density at radius 2 is 1.62 bits per heavy atom. The van der Waals surface area contributed by atoms with Gasteiger partial charge in [0, 0.05) is 12.6 Å². The van der Waals surface area contributed by atoms with Crippen molar-refractivity contribution in [2.75, 3.05) is 17.1 Å². The van der Waals surface area contributed by atoms with E-state index >= 15 is 0 Å². The van der Waals surface area contributed by atoms with E-state index in [1.807, 2.05) is 26.0 Å². The molecule has 1 unspecified atom stereocenters. The molecule has 1 atom stereocenters. The van der Waals surface area contributed by atoms with Crippen LogP contribution in [0.4, 0.5) is 10.1 Å². The average molecular weight is 532 g/mol. The van der Waals surface area contributed by atoms with E-state index in [4.69, 9.17) is 0 Å². The van der Waals surface area contributed by atoms with E-state index in [0.717, 1.165) is 48.2 Å². The minimum Gasteiger partial charge on any atom is -0.352 e. The lowest BCUT2D eigenvalue weighted by molar-refractivity contribution is -0.139. The minimum atomic E-state index is -3.81. The van der Waals surface area contributed by atoms with Gasteiger partial charge in [-0.1, -0.05) is 63.4 Å². The van der Waals surface area contributed by atoms with E-state index < -0.39 is 34.3 Å². The number of nitrogens with one attached hydrogen (secondary N) is 1. The number of sulfonamides is 1.